The maximum Gasteiger partial charge on any atom is 0.0814 e. The summed E-state index contributed by atoms with van der Waals surface area (Å²) in [6, 6.07) is 0. The lowest BCUT2D eigenvalue weighted by Gasteiger charge is -0.154. The molecule has 0 heterocycles. The molecular weight excluding hydrogens is 275 g/mol. The first kappa shape index (κ1) is 92.8. The number of halogens is 4. The van der Waals surface area contributed by atoms with Crippen LogP contribution in [-0.4, -0.2) is 8.41 Å². The van der Waals surface area contributed by atoms with Gasteiger partial charge in [0, 0.05) is 0 Å². The third-order valence-electron chi connectivity index (χ3n) is 0. The van der Waals surface area contributed by atoms with E-state index in [1.54, 1.807) is 0 Å². The normalized spacial score (nSPS) is 0. The van der Waals surface area contributed by atoms with Crippen LogP contribution in [0.25, 0.3) is 0 Å². The average molecular weight is 285 g/mol. The summed E-state index contributed by atoms with van der Waals surface area (Å²) in [6.07, 6.45) is 0. The van der Waals surface area contributed by atoms with E-state index >= 15 is 0 Å². The monoisotopic (exact) mass is 284 g/mol. The zero-order valence-corrected chi connectivity index (χ0v) is 8.53. The minimum atomic E-state index is 0. The quantitative estimate of drug-likeness (QED) is 0.350. The van der Waals surface area contributed by atoms with Gasteiger partial charge in [0.25, 0.3) is 0 Å². The highest BCUT2D eigenvalue weighted by atomic mass is 127. The third-order valence-corrected chi connectivity index (χ3v) is 0. The van der Waals surface area contributed by atoms with Crippen molar-refractivity contribution in [3.63, 3.8) is 0 Å². The first-order valence-electron chi connectivity index (χ1n) is 0. The Hall–Kier alpha value is 2.09. The van der Waals surface area contributed by atoms with Gasteiger partial charge >= 0.3 is 0 Å². The molecule has 0 spiro atoms. The molecule has 6 heteroatoms. The van der Waals surface area contributed by atoms with Crippen molar-refractivity contribution in [1.82, 2.24) is 0 Å². The summed E-state index contributed by atoms with van der Waals surface area (Å²) in [5.41, 5.74) is 0. The molecule has 0 aromatic heterocycles. The molecule has 0 rings (SSSR count). The Balaban J connectivity index is 0. The summed E-state index contributed by atoms with van der Waals surface area (Å²) in [6.45, 7) is 0. The molecule has 0 nitrogen and oxygen atoms in total. The number of hydrogen-bond acceptors (Lipinski definition) is 0. The summed E-state index contributed by atoms with van der Waals surface area (Å²) in [7, 11) is 0. The highest BCUT2D eigenvalue weighted by Gasteiger charge is 0.0814. The highest BCUT2D eigenvalue weighted by Crippen LogP contribution is 0.886. The van der Waals surface area contributed by atoms with Crippen LogP contribution in [-0.2, 0) is 0 Å². The molecule has 1 atom stereocenters. The van der Waals surface area contributed by atoms with Crippen LogP contribution in [0.1, 0.15) is 0 Å². The van der Waals surface area contributed by atoms with Crippen molar-refractivity contribution < 1.29 is 0 Å². The zero-order chi connectivity index (χ0) is 0. The van der Waals surface area contributed by atoms with Crippen molar-refractivity contribution in [2.75, 3.05) is 0 Å². The summed E-state index contributed by atoms with van der Waals surface area (Å²) in [4.78, 5) is 0. The summed E-state index contributed by atoms with van der Waals surface area (Å²) in [5.74, 6) is 0. The predicted molar refractivity (Wildman–Crippen MR) is 58.2 cm³/mol. The average Bonchev–Trinajstić information content (AvgIpc) is 0. The Bertz CT molecular complexity index is 10.8. The van der Waals surface area contributed by atoms with E-state index in [1.807, 2.05) is 0 Å². The largest absolute Gasteiger partial charge is 0.153 e. The third kappa shape index (κ3) is 36.0. The molecule has 0 amide bonds. The van der Waals surface area contributed by atoms with Crippen LogP contribution in [0.3, 0.4) is 0 Å². The standard InChI is InChI=1S/BH3.3ClH.HI.H3P/h1H3;4*1H;1H3. The maximum absolute atomic E-state index is 0. The summed E-state index contributed by atoms with van der Waals surface area (Å²) in [5, 5.41) is 0. The van der Waals surface area contributed by atoms with E-state index in [4.69, 9.17) is 0 Å². The molecule has 0 aromatic carbocycles. The van der Waals surface area contributed by atoms with Crippen molar-refractivity contribution in [3.8, 4) is 0 Å². The number of rotatable bonds is 0. The fourth-order valence-electron chi connectivity index (χ4n) is 0. The van der Waals surface area contributed by atoms with Crippen LogP contribution < -0.4 is 0 Å². The molecule has 0 aliphatic heterocycles. The Morgan fingerprint density at radius 2 is 0.667 bits per heavy atom. The van der Waals surface area contributed by atoms with Gasteiger partial charge in [0.2, 0.25) is 0 Å². The smallest absolute Gasteiger partial charge is 0.0814 e. The second-order valence-electron chi connectivity index (χ2n) is 0. The van der Waals surface area contributed by atoms with E-state index in [9.17, 15) is 0 Å². The van der Waals surface area contributed by atoms with Gasteiger partial charge in [-0.2, -0.15) is 9.90 Å². The number of hydrogen-bond donors (Lipinski definition) is 0. The van der Waals surface area contributed by atoms with Crippen LogP contribution in [0.2, 0.25) is 0 Å². The van der Waals surface area contributed by atoms with Gasteiger partial charge in [-0.15, -0.1) is 61.2 Å². The van der Waals surface area contributed by atoms with Crippen molar-refractivity contribution in [3.05, 3.63) is 0 Å². The molecule has 1 unspecified atom stereocenters. The molecule has 0 aliphatic carbocycles. The fourth-order valence-corrected chi connectivity index (χ4v) is 0. The first-order chi connectivity index (χ1) is 0. The topological polar surface area (TPSA) is 0 Å². The summed E-state index contributed by atoms with van der Waals surface area (Å²) >= 11 is 0. The lowest BCUT2D eigenvalue weighted by molar-refractivity contribution is 5.75. The molecule has 0 N–H and O–H groups in total. The zero-order valence-electron chi connectivity index (χ0n) is 2.34. The molecule has 6 heavy (non-hydrogen) atoms. The lowest BCUT2D eigenvalue weighted by atomic mass is 10.8. The van der Waals surface area contributed by atoms with Gasteiger partial charge in [-0.05, 0) is 0 Å². The minimum Gasteiger partial charge on any atom is -0.153 e. The van der Waals surface area contributed by atoms with Crippen LogP contribution in [0, 0.1) is 0 Å². The van der Waals surface area contributed by atoms with Crippen LogP contribution in [0.4, 0.5) is 0 Å². The molecule has 0 saturated carbocycles. The van der Waals surface area contributed by atoms with Crippen molar-refractivity contribution in [2.24, 2.45) is 0 Å². The Kier molecular flexibility index (Phi) is 929. The fraction of sp³-hybridized carbons (Fsp3) is 0. The Morgan fingerprint density at radius 3 is 0.667 bits per heavy atom. The minimum absolute atomic E-state index is 0. The molecule has 0 aromatic rings. The maximum atomic E-state index is 0. The van der Waals surface area contributed by atoms with Gasteiger partial charge in [0.05, 0.1) is 8.41 Å². The molecule has 0 radical (unpaired) electrons. The summed E-state index contributed by atoms with van der Waals surface area (Å²) < 4.78 is 0. The van der Waals surface area contributed by atoms with Gasteiger partial charge in [0.1, 0.15) is 0 Å². The second kappa shape index (κ2) is 60.1. The molecule has 0 fully saturated rings. The van der Waals surface area contributed by atoms with Gasteiger partial charge in [-0.25, -0.2) is 0 Å². The van der Waals surface area contributed by atoms with Crippen molar-refractivity contribution in [2.45, 2.75) is 0 Å². The van der Waals surface area contributed by atoms with Gasteiger partial charge in [0.15, 0.2) is 0 Å². The van der Waals surface area contributed by atoms with Crippen LogP contribution >= 0.6 is 71.1 Å². The molecule has 0 aliphatic rings. The first-order valence-corrected chi connectivity index (χ1v) is 0. The van der Waals surface area contributed by atoms with E-state index in [0.29, 0.717) is 0 Å². The van der Waals surface area contributed by atoms with E-state index in [0.717, 1.165) is 0 Å². The molecule has 46 valence electrons. The van der Waals surface area contributed by atoms with E-state index in [1.165, 1.54) is 0 Å². The predicted octanol–water partition coefficient (Wildman–Crippen LogP) is 0.758. The SMILES string of the molecule is B.Cl.Cl.Cl.I.P. The Labute approximate surface area is 79.0 Å². The van der Waals surface area contributed by atoms with Crippen molar-refractivity contribution in [1.29, 1.82) is 0 Å². The lowest BCUT2D eigenvalue weighted by Crippen LogP contribution is -0.381. The van der Waals surface area contributed by atoms with Gasteiger partial charge < -0.3 is 0 Å². The van der Waals surface area contributed by atoms with Gasteiger partial charge in [-0.1, -0.05) is 0 Å². The Morgan fingerprint density at radius 1 is 0.667 bits per heavy atom. The molecule has 0 bridgehead atoms. The van der Waals surface area contributed by atoms with E-state index < -0.39 is 0 Å². The van der Waals surface area contributed by atoms with E-state index in [-0.39, 0.29) is 79.5 Å². The molecule has 0 saturated heterocycles. The van der Waals surface area contributed by atoms with Crippen LogP contribution in [0.5, 0.6) is 0 Å². The molecular formula is H10BCl3IP. The second-order valence-corrected chi connectivity index (χ2v) is 0. The van der Waals surface area contributed by atoms with Crippen molar-refractivity contribution >= 4 is 79.5 Å². The van der Waals surface area contributed by atoms with Crippen LogP contribution in [0.15, 0.2) is 0 Å². The van der Waals surface area contributed by atoms with E-state index in [2.05, 4.69) is 0 Å². The highest BCUT2D eigenvalue weighted by molar-refractivity contribution is 14.0. The van der Waals surface area contributed by atoms with Gasteiger partial charge in [-0.3, -0.25) is 0 Å².